The van der Waals surface area contributed by atoms with E-state index in [0.717, 1.165) is 9.82 Å². The number of Topliss-reactive ketones (excluding diaryl/α,β-unsaturated/α-hetero) is 1. The number of nitrogens with one attached hydrogen (secondary N) is 1. The monoisotopic (exact) mass is 396 g/mol. The van der Waals surface area contributed by atoms with Gasteiger partial charge in [-0.15, -0.1) is 0 Å². The number of nitriles is 1. The maximum absolute atomic E-state index is 13.1. The number of aryl methyl sites for hydroxylation is 1. The number of para-hydroxylation sites is 2. The number of ketones is 1. The minimum atomic E-state index is -3.73. The number of imidazole rings is 1. The van der Waals surface area contributed by atoms with Crippen molar-refractivity contribution in [3.63, 3.8) is 0 Å². The van der Waals surface area contributed by atoms with Crippen LogP contribution in [0.5, 0.6) is 0 Å². The van der Waals surface area contributed by atoms with Crippen LogP contribution < -0.4 is 0 Å². The van der Waals surface area contributed by atoms with E-state index in [4.69, 9.17) is 0 Å². The molecule has 28 heavy (non-hydrogen) atoms. The lowest BCUT2D eigenvalue weighted by Gasteiger charge is -2.17. The zero-order valence-corrected chi connectivity index (χ0v) is 16.8. The molecule has 8 heteroatoms. The van der Waals surface area contributed by atoms with E-state index in [-0.39, 0.29) is 16.3 Å². The van der Waals surface area contributed by atoms with E-state index in [1.165, 1.54) is 20.2 Å². The van der Waals surface area contributed by atoms with Gasteiger partial charge < -0.3 is 4.98 Å². The van der Waals surface area contributed by atoms with Crippen LogP contribution >= 0.6 is 0 Å². The Bertz CT molecular complexity index is 1190. The van der Waals surface area contributed by atoms with Crippen LogP contribution in [0.2, 0.25) is 0 Å². The SMILES string of the molecule is Cc1cc(C(=O)C(C#N)c2nc3ccccc3[nH]2)cc(S(=O)(=O)N(C)C)c1C. The molecule has 0 aliphatic heterocycles. The predicted octanol–water partition coefficient (Wildman–Crippen LogP) is 2.92. The highest BCUT2D eigenvalue weighted by atomic mass is 32.2. The van der Waals surface area contributed by atoms with Gasteiger partial charge in [-0.05, 0) is 49.2 Å². The lowest BCUT2D eigenvalue weighted by molar-refractivity contribution is 0.0976. The normalized spacial score (nSPS) is 12.9. The maximum atomic E-state index is 13.1. The number of fused-ring (bicyclic) bond motifs is 1. The van der Waals surface area contributed by atoms with E-state index in [9.17, 15) is 18.5 Å². The molecular weight excluding hydrogens is 376 g/mol. The van der Waals surface area contributed by atoms with Crippen molar-refractivity contribution in [3.05, 3.63) is 58.9 Å². The summed E-state index contributed by atoms with van der Waals surface area (Å²) in [5.74, 6) is -1.42. The van der Waals surface area contributed by atoms with Crippen LogP contribution in [-0.4, -0.2) is 42.6 Å². The minimum absolute atomic E-state index is 0.0575. The van der Waals surface area contributed by atoms with Crippen LogP contribution in [0.3, 0.4) is 0 Å². The highest BCUT2D eigenvalue weighted by Crippen LogP contribution is 2.27. The highest BCUT2D eigenvalue weighted by Gasteiger charge is 2.28. The first-order valence-electron chi connectivity index (χ1n) is 8.59. The average molecular weight is 396 g/mol. The Balaban J connectivity index is 2.10. The van der Waals surface area contributed by atoms with Gasteiger partial charge in [0.15, 0.2) is 11.7 Å². The van der Waals surface area contributed by atoms with Crippen molar-refractivity contribution >= 4 is 26.8 Å². The summed E-state index contributed by atoms with van der Waals surface area (Å²) in [4.78, 5) is 20.5. The molecule has 0 fully saturated rings. The molecule has 1 unspecified atom stereocenters. The van der Waals surface area contributed by atoms with Gasteiger partial charge in [0.05, 0.1) is 22.0 Å². The van der Waals surface area contributed by atoms with Gasteiger partial charge in [0, 0.05) is 19.7 Å². The molecule has 1 atom stereocenters. The number of hydrogen-bond acceptors (Lipinski definition) is 5. The maximum Gasteiger partial charge on any atom is 0.242 e. The largest absolute Gasteiger partial charge is 0.340 e. The third kappa shape index (κ3) is 3.30. The number of carbonyl (C=O) groups excluding carboxylic acids is 1. The van der Waals surface area contributed by atoms with Crippen LogP contribution in [0, 0.1) is 25.2 Å². The van der Waals surface area contributed by atoms with E-state index in [0.29, 0.717) is 16.6 Å². The molecule has 0 saturated heterocycles. The zero-order valence-electron chi connectivity index (χ0n) is 16.0. The second-order valence-corrected chi connectivity index (χ2v) is 8.89. The fraction of sp³-hybridized carbons (Fsp3) is 0.250. The quantitative estimate of drug-likeness (QED) is 0.667. The van der Waals surface area contributed by atoms with Crippen LogP contribution in [0.15, 0.2) is 41.3 Å². The Kier molecular flexibility index (Phi) is 5.06. The summed E-state index contributed by atoms with van der Waals surface area (Å²) in [6, 6.07) is 12.2. The standard InChI is InChI=1S/C20H20N4O3S/c1-12-9-14(10-18(13(12)2)28(26,27)24(3)4)19(25)15(11-21)20-22-16-7-5-6-8-17(16)23-20/h5-10,15H,1-4H3,(H,22,23). The highest BCUT2D eigenvalue weighted by molar-refractivity contribution is 7.89. The molecule has 3 aromatic rings. The Morgan fingerprint density at radius 2 is 1.89 bits per heavy atom. The van der Waals surface area contributed by atoms with Crippen molar-refractivity contribution in [3.8, 4) is 6.07 Å². The molecule has 144 valence electrons. The van der Waals surface area contributed by atoms with E-state index >= 15 is 0 Å². The molecule has 0 bridgehead atoms. The first-order valence-corrected chi connectivity index (χ1v) is 10.0. The van der Waals surface area contributed by atoms with Crippen LogP contribution in [-0.2, 0) is 10.0 Å². The first-order chi connectivity index (χ1) is 13.2. The van der Waals surface area contributed by atoms with Gasteiger partial charge in [0.1, 0.15) is 5.82 Å². The van der Waals surface area contributed by atoms with Crippen LogP contribution in [0.4, 0.5) is 0 Å². The summed E-state index contributed by atoms with van der Waals surface area (Å²) in [6.07, 6.45) is 0. The Labute approximate surface area is 163 Å². The third-order valence-corrected chi connectivity index (χ3v) is 6.68. The molecule has 2 aromatic carbocycles. The van der Waals surface area contributed by atoms with Crippen molar-refractivity contribution in [1.82, 2.24) is 14.3 Å². The zero-order chi connectivity index (χ0) is 20.6. The lowest BCUT2D eigenvalue weighted by atomic mass is 9.95. The summed E-state index contributed by atoms with van der Waals surface area (Å²) >= 11 is 0. The Morgan fingerprint density at radius 1 is 1.21 bits per heavy atom. The number of rotatable bonds is 5. The first kappa shape index (κ1) is 19.7. The van der Waals surface area contributed by atoms with Crippen molar-refractivity contribution < 1.29 is 13.2 Å². The Hall–Kier alpha value is -3.02. The minimum Gasteiger partial charge on any atom is -0.340 e. The summed E-state index contributed by atoms with van der Waals surface area (Å²) in [5.41, 5.74) is 2.77. The second-order valence-electron chi connectivity index (χ2n) is 6.77. The van der Waals surface area contributed by atoms with Crippen molar-refractivity contribution in [1.29, 1.82) is 5.26 Å². The van der Waals surface area contributed by atoms with Crippen molar-refractivity contribution in [2.75, 3.05) is 14.1 Å². The predicted molar refractivity (Wildman–Crippen MR) is 106 cm³/mol. The van der Waals surface area contributed by atoms with Crippen LogP contribution in [0.1, 0.15) is 33.2 Å². The summed E-state index contributed by atoms with van der Waals surface area (Å²) < 4.78 is 26.4. The number of carbonyl (C=O) groups is 1. The molecule has 0 radical (unpaired) electrons. The number of nitrogens with zero attached hydrogens (tertiary/aromatic N) is 3. The van der Waals surface area contributed by atoms with Gasteiger partial charge in [-0.1, -0.05) is 12.1 Å². The molecule has 7 nitrogen and oxygen atoms in total. The number of hydrogen-bond donors (Lipinski definition) is 1. The molecule has 0 spiro atoms. The van der Waals surface area contributed by atoms with E-state index in [2.05, 4.69) is 9.97 Å². The summed E-state index contributed by atoms with van der Waals surface area (Å²) in [5, 5.41) is 9.62. The smallest absolute Gasteiger partial charge is 0.242 e. The van der Waals surface area contributed by atoms with E-state index in [1.807, 2.05) is 24.3 Å². The van der Waals surface area contributed by atoms with Gasteiger partial charge in [0.25, 0.3) is 0 Å². The van der Waals surface area contributed by atoms with E-state index in [1.54, 1.807) is 26.0 Å². The van der Waals surface area contributed by atoms with Gasteiger partial charge in [-0.25, -0.2) is 17.7 Å². The fourth-order valence-electron chi connectivity index (χ4n) is 2.95. The van der Waals surface area contributed by atoms with Crippen molar-refractivity contribution in [2.45, 2.75) is 24.7 Å². The molecule has 1 aromatic heterocycles. The Morgan fingerprint density at radius 3 is 2.50 bits per heavy atom. The molecule has 1 heterocycles. The lowest BCUT2D eigenvalue weighted by Crippen LogP contribution is -2.24. The fourth-order valence-corrected chi connectivity index (χ4v) is 4.17. The number of aromatic nitrogens is 2. The van der Waals surface area contributed by atoms with Gasteiger partial charge in [-0.3, -0.25) is 4.79 Å². The molecule has 0 aliphatic rings. The molecule has 0 amide bonds. The molecule has 1 N–H and O–H groups in total. The third-order valence-electron chi connectivity index (χ3n) is 4.74. The molecule has 3 rings (SSSR count). The average Bonchev–Trinajstić information content (AvgIpc) is 3.07. The second kappa shape index (κ2) is 7.19. The van der Waals surface area contributed by atoms with Gasteiger partial charge >= 0.3 is 0 Å². The molecule has 0 saturated carbocycles. The molecule has 0 aliphatic carbocycles. The topological polar surface area (TPSA) is 107 Å². The summed E-state index contributed by atoms with van der Waals surface area (Å²) in [6.45, 7) is 3.43. The van der Waals surface area contributed by atoms with E-state index < -0.39 is 21.7 Å². The van der Waals surface area contributed by atoms with Gasteiger partial charge in [0.2, 0.25) is 10.0 Å². The van der Waals surface area contributed by atoms with Crippen molar-refractivity contribution in [2.24, 2.45) is 0 Å². The number of benzene rings is 2. The number of sulfonamides is 1. The molecular formula is C20H20N4O3S. The number of H-pyrrole nitrogens is 1. The number of aromatic amines is 1. The van der Waals surface area contributed by atoms with Gasteiger partial charge in [-0.2, -0.15) is 5.26 Å². The summed E-state index contributed by atoms with van der Waals surface area (Å²) in [7, 11) is -0.858. The van der Waals surface area contributed by atoms with Crippen LogP contribution in [0.25, 0.3) is 11.0 Å².